The van der Waals surface area contributed by atoms with Gasteiger partial charge in [0.2, 0.25) is 0 Å². The quantitative estimate of drug-likeness (QED) is 0.178. The highest BCUT2D eigenvalue weighted by atomic mass is 16.3. The molecule has 262 valence electrons. The van der Waals surface area contributed by atoms with Gasteiger partial charge in [-0.1, -0.05) is 109 Å². The first-order chi connectivity index (χ1) is 27.8. The van der Waals surface area contributed by atoms with Crippen molar-refractivity contribution in [2.45, 2.75) is 0 Å². The van der Waals surface area contributed by atoms with Crippen molar-refractivity contribution in [3.8, 4) is 16.8 Å². The fraction of sp³-hybridized carbons (Fsp3) is 0. The molecule has 0 fully saturated rings. The van der Waals surface area contributed by atoms with E-state index in [4.69, 9.17) is 8.83 Å². The van der Waals surface area contributed by atoms with Crippen LogP contribution in [0.25, 0.3) is 93.3 Å². The van der Waals surface area contributed by atoms with E-state index in [-0.39, 0.29) is 0 Å². The third-order valence-corrected chi connectivity index (χ3v) is 11.3. The third kappa shape index (κ3) is 4.60. The van der Waals surface area contributed by atoms with Crippen molar-refractivity contribution in [3.63, 3.8) is 0 Å². The summed E-state index contributed by atoms with van der Waals surface area (Å²) in [4.78, 5) is 2.32. The molecule has 3 heterocycles. The fourth-order valence-electron chi connectivity index (χ4n) is 8.84. The molecule has 0 radical (unpaired) electrons. The molecule has 9 aromatic carbocycles. The van der Waals surface area contributed by atoms with Crippen LogP contribution in [0.3, 0.4) is 0 Å². The normalized spacial score (nSPS) is 11.9. The zero-order chi connectivity index (χ0) is 36.7. The summed E-state index contributed by atoms with van der Waals surface area (Å²) in [5.41, 5.74) is 12.3. The van der Waals surface area contributed by atoms with E-state index in [0.29, 0.717) is 0 Å². The van der Waals surface area contributed by atoms with E-state index in [1.54, 1.807) is 0 Å². The second-order valence-corrected chi connectivity index (χ2v) is 14.5. The van der Waals surface area contributed by atoms with Gasteiger partial charge in [-0.25, -0.2) is 0 Å². The molecule has 12 aromatic rings. The highest BCUT2D eigenvalue weighted by Crippen LogP contribution is 2.45. The van der Waals surface area contributed by atoms with Crippen LogP contribution in [-0.2, 0) is 0 Å². The van der Waals surface area contributed by atoms with Crippen LogP contribution in [0.2, 0.25) is 0 Å². The Labute approximate surface area is 321 Å². The molecule has 0 saturated heterocycles. The predicted octanol–water partition coefficient (Wildman–Crippen LogP) is 14.9. The summed E-state index contributed by atoms with van der Waals surface area (Å²) in [6.07, 6.45) is 0. The number of aromatic nitrogens is 1. The first kappa shape index (κ1) is 30.9. The van der Waals surface area contributed by atoms with Crippen LogP contribution in [0.15, 0.2) is 203 Å². The third-order valence-electron chi connectivity index (χ3n) is 11.3. The van der Waals surface area contributed by atoms with Gasteiger partial charge in [0.25, 0.3) is 0 Å². The molecule has 56 heavy (non-hydrogen) atoms. The van der Waals surface area contributed by atoms with Crippen molar-refractivity contribution in [2.24, 2.45) is 0 Å². The predicted molar refractivity (Wildman–Crippen MR) is 233 cm³/mol. The number of benzene rings is 9. The van der Waals surface area contributed by atoms with Crippen molar-refractivity contribution in [1.82, 2.24) is 4.57 Å². The van der Waals surface area contributed by atoms with E-state index in [0.717, 1.165) is 83.3 Å². The molecule has 0 atom stereocenters. The molecule has 0 saturated carbocycles. The standard InChI is InChI=1S/C52H32N2O2/c1-3-14-35(15-4-1)53(37-24-27-49-44(31-37)42-20-10-12-22-48(42)55-49)38-25-28-50-45(32-38)51-39-18-8-7-13-33(39)29-43(52(51)56-50)34-23-26-41-40-19-9-11-21-46(40)54(47(41)30-34)36-16-5-2-6-17-36/h1-32H. The summed E-state index contributed by atoms with van der Waals surface area (Å²) < 4.78 is 15.5. The van der Waals surface area contributed by atoms with Crippen LogP contribution in [0.5, 0.6) is 0 Å². The van der Waals surface area contributed by atoms with Crippen LogP contribution >= 0.6 is 0 Å². The molecule has 0 aliphatic heterocycles. The lowest BCUT2D eigenvalue weighted by molar-refractivity contribution is 0.669. The molecule has 0 bridgehead atoms. The molecule has 0 aliphatic carbocycles. The number of rotatable bonds is 5. The van der Waals surface area contributed by atoms with Crippen molar-refractivity contribution < 1.29 is 8.83 Å². The van der Waals surface area contributed by atoms with Crippen molar-refractivity contribution in [1.29, 1.82) is 0 Å². The lowest BCUT2D eigenvalue weighted by Crippen LogP contribution is -2.09. The Hall–Kier alpha value is -7.56. The molecule has 0 unspecified atom stereocenters. The van der Waals surface area contributed by atoms with Crippen LogP contribution < -0.4 is 4.90 Å². The molecule has 0 amide bonds. The molecular formula is C52H32N2O2. The summed E-state index contributed by atoms with van der Waals surface area (Å²) in [5.74, 6) is 0. The molecule has 4 nitrogen and oxygen atoms in total. The number of para-hydroxylation sites is 4. The van der Waals surface area contributed by atoms with Crippen molar-refractivity contribution >= 4 is 93.5 Å². The van der Waals surface area contributed by atoms with E-state index in [1.165, 1.54) is 27.1 Å². The number of nitrogens with zero attached hydrogens (tertiary/aromatic N) is 2. The monoisotopic (exact) mass is 716 g/mol. The molecule has 0 N–H and O–H groups in total. The zero-order valence-corrected chi connectivity index (χ0v) is 30.2. The van der Waals surface area contributed by atoms with Gasteiger partial charge in [-0.15, -0.1) is 0 Å². The van der Waals surface area contributed by atoms with Gasteiger partial charge < -0.3 is 18.3 Å². The van der Waals surface area contributed by atoms with E-state index < -0.39 is 0 Å². The highest BCUT2D eigenvalue weighted by Gasteiger charge is 2.21. The maximum absolute atomic E-state index is 6.94. The summed E-state index contributed by atoms with van der Waals surface area (Å²) in [5, 5.41) is 9.18. The number of furan rings is 2. The molecule has 0 aliphatic rings. The first-order valence-corrected chi connectivity index (χ1v) is 19.0. The second-order valence-electron chi connectivity index (χ2n) is 14.5. The lowest BCUT2D eigenvalue weighted by atomic mass is 9.95. The minimum absolute atomic E-state index is 0.852. The Bertz CT molecular complexity index is 3480. The number of anilines is 3. The largest absolute Gasteiger partial charge is 0.456 e. The van der Waals surface area contributed by atoms with Gasteiger partial charge in [0, 0.05) is 60.6 Å². The van der Waals surface area contributed by atoms with E-state index >= 15 is 0 Å². The minimum Gasteiger partial charge on any atom is -0.456 e. The van der Waals surface area contributed by atoms with Gasteiger partial charge in [-0.05, 0) is 101 Å². The minimum atomic E-state index is 0.852. The SMILES string of the molecule is c1ccc(N(c2ccc3oc4ccccc4c3c2)c2ccc3oc4c(-c5ccc6c7ccccc7n(-c7ccccc7)c6c5)cc5ccccc5c4c3c2)cc1. The van der Waals surface area contributed by atoms with Gasteiger partial charge in [0.1, 0.15) is 22.3 Å². The van der Waals surface area contributed by atoms with Crippen LogP contribution in [0.4, 0.5) is 17.1 Å². The number of hydrogen-bond acceptors (Lipinski definition) is 3. The van der Waals surface area contributed by atoms with Gasteiger partial charge in [0.15, 0.2) is 0 Å². The van der Waals surface area contributed by atoms with E-state index in [1.807, 2.05) is 12.1 Å². The first-order valence-electron chi connectivity index (χ1n) is 19.0. The Morgan fingerprint density at radius 1 is 0.375 bits per heavy atom. The van der Waals surface area contributed by atoms with Gasteiger partial charge in [0.05, 0.1) is 11.0 Å². The summed E-state index contributed by atoms with van der Waals surface area (Å²) in [6, 6.07) is 69.0. The fourth-order valence-corrected chi connectivity index (χ4v) is 8.84. The van der Waals surface area contributed by atoms with Crippen LogP contribution in [0.1, 0.15) is 0 Å². The number of fused-ring (bicyclic) bond motifs is 11. The van der Waals surface area contributed by atoms with Crippen molar-refractivity contribution in [3.05, 3.63) is 194 Å². The highest BCUT2D eigenvalue weighted by molar-refractivity contribution is 6.23. The van der Waals surface area contributed by atoms with Gasteiger partial charge >= 0.3 is 0 Å². The maximum atomic E-state index is 6.94. The Balaban J connectivity index is 1.09. The van der Waals surface area contributed by atoms with E-state index in [2.05, 4.69) is 191 Å². The molecule has 0 spiro atoms. The summed E-state index contributed by atoms with van der Waals surface area (Å²) in [6.45, 7) is 0. The topological polar surface area (TPSA) is 34.5 Å². The zero-order valence-electron chi connectivity index (χ0n) is 30.2. The van der Waals surface area contributed by atoms with Crippen LogP contribution in [0, 0.1) is 0 Å². The molecule has 3 aromatic heterocycles. The molecule has 12 rings (SSSR count). The number of hydrogen-bond donors (Lipinski definition) is 0. The van der Waals surface area contributed by atoms with E-state index in [9.17, 15) is 0 Å². The van der Waals surface area contributed by atoms with Crippen LogP contribution in [-0.4, -0.2) is 4.57 Å². The molecule has 4 heteroatoms. The smallest absolute Gasteiger partial charge is 0.143 e. The van der Waals surface area contributed by atoms with Gasteiger partial charge in [-0.2, -0.15) is 0 Å². The summed E-state index contributed by atoms with van der Waals surface area (Å²) >= 11 is 0. The second kappa shape index (κ2) is 12.0. The summed E-state index contributed by atoms with van der Waals surface area (Å²) in [7, 11) is 0. The maximum Gasteiger partial charge on any atom is 0.143 e. The average Bonchev–Trinajstić information content (AvgIpc) is 3.94. The van der Waals surface area contributed by atoms with Gasteiger partial charge in [-0.3, -0.25) is 0 Å². The lowest BCUT2D eigenvalue weighted by Gasteiger charge is -2.25. The van der Waals surface area contributed by atoms with Crippen molar-refractivity contribution in [2.75, 3.05) is 4.90 Å². The molecular weight excluding hydrogens is 685 g/mol. The Morgan fingerprint density at radius 2 is 1.00 bits per heavy atom. The Morgan fingerprint density at radius 3 is 1.82 bits per heavy atom. The average molecular weight is 717 g/mol. The Kier molecular flexibility index (Phi) is 6.60.